The molecule has 2 amide bonds. The lowest BCUT2D eigenvalue weighted by Gasteiger charge is -2.13. The van der Waals surface area contributed by atoms with E-state index in [0.717, 1.165) is 0 Å². The number of hydrogen-bond donors (Lipinski definition) is 1. The van der Waals surface area contributed by atoms with Crippen LogP contribution in [0.15, 0.2) is 51.7 Å². The number of benzene rings is 2. The molecule has 146 valence electrons. The topological polar surface area (TPSA) is 84.5 Å². The summed E-state index contributed by atoms with van der Waals surface area (Å²) in [6.07, 6.45) is 0.636. The van der Waals surface area contributed by atoms with Gasteiger partial charge in [-0.3, -0.25) is 14.2 Å². The van der Waals surface area contributed by atoms with E-state index in [1.807, 2.05) is 6.07 Å². The number of nitrogens with zero attached hydrogens (tertiary/aromatic N) is 2. The Morgan fingerprint density at radius 2 is 1.93 bits per heavy atom. The molecule has 3 rings (SSSR count). The molecule has 2 aromatic carbocycles. The Morgan fingerprint density at radius 3 is 2.68 bits per heavy atom. The highest BCUT2D eigenvalue weighted by Crippen LogP contribution is 2.24. The van der Waals surface area contributed by atoms with Crippen LogP contribution in [-0.4, -0.2) is 35.4 Å². The number of aromatic nitrogens is 1. The van der Waals surface area contributed by atoms with Gasteiger partial charge in [0.05, 0.1) is 16.2 Å². The summed E-state index contributed by atoms with van der Waals surface area (Å²) in [4.78, 5) is 37.7. The third-order valence-electron chi connectivity index (χ3n) is 4.25. The van der Waals surface area contributed by atoms with Crippen molar-refractivity contribution in [3.8, 4) is 0 Å². The summed E-state index contributed by atoms with van der Waals surface area (Å²) in [5, 5.41) is 3.07. The maximum absolute atomic E-state index is 12.3. The van der Waals surface area contributed by atoms with Crippen LogP contribution in [0.3, 0.4) is 0 Å². The van der Waals surface area contributed by atoms with E-state index < -0.39 is 5.76 Å². The van der Waals surface area contributed by atoms with Gasteiger partial charge in [0, 0.05) is 32.6 Å². The Labute approximate surface area is 166 Å². The fourth-order valence-electron chi connectivity index (χ4n) is 2.85. The second-order valence-electron chi connectivity index (χ2n) is 6.53. The van der Waals surface area contributed by atoms with Crippen LogP contribution < -0.4 is 11.1 Å². The smallest absolute Gasteiger partial charge is 0.408 e. The molecule has 7 nitrogen and oxygen atoms in total. The molecule has 0 aliphatic rings. The molecular weight excluding hydrogens is 382 g/mol. The van der Waals surface area contributed by atoms with E-state index in [1.54, 1.807) is 50.5 Å². The van der Waals surface area contributed by atoms with Gasteiger partial charge in [0.1, 0.15) is 0 Å². The van der Waals surface area contributed by atoms with Crippen LogP contribution in [0.4, 0.5) is 5.69 Å². The fraction of sp³-hybridized carbons (Fsp3) is 0.250. The standard InChI is InChI=1S/C20H20ClN3O4/c1-23(2)19(26)13-9-10-14(21)15(12-13)22-18(25)8-5-11-24-16-6-3-4-7-17(16)28-20(24)27/h3-4,6-7,9-10,12H,5,8,11H2,1-2H3,(H,22,25). The van der Waals surface area contributed by atoms with E-state index in [-0.39, 0.29) is 18.2 Å². The first-order valence-corrected chi connectivity index (χ1v) is 9.14. The van der Waals surface area contributed by atoms with E-state index in [4.69, 9.17) is 16.0 Å². The van der Waals surface area contributed by atoms with Crippen molar-refractivity contribution in [3.05, 3.63) is 63.6 Å². The summed E-state index contributed by atoms with van der Waals surface area (Å²) in [7, 11) is 3.30. The minimum absolute atomic E-state index is 0.182. The molecule has 0 aliphatic carbocycles. The van der Waals surface area contributed by atoms with Crippen molar-refractivity contribution in [3.63, 3.8) is 0 Å². The normalized spacial score (nSPS) is 10.8. The van der Waals surface area contributed by atoms with E-state index in [9.17, 15) is 14.4 Å². The molecule has 28 heavy (non-hydrogen) atoms. The average molecular weight is 402 g/mol. The minimum Gasteiger partial charge on any atom is -0.408 e. The SMILES string of the molecule is CN(C)C(=O)c1ccc(Cl)c(NC(=O)CCCn2c(=O)oc3ccccc32)c1. The van der Waals surface area contributed by atoms with Crippen molar-refractivity contribution >= 4 is 40.2 Å². The molecule has 1 aromatic heterocycles. The molecule has 3 aromatic rings. The van der Waals surface area contributed by atoms with Gasteiger partial charge in [-0.2, -0.15) is 0 Å². The number of carbonyl (C=O) groups is 2. The Hall–Kier alpha value is -3.06. The Balaban J connectivity index is 1.63. The molecular formula is C20H20ClN3O4. The maximum Gasteiger partial charge on any atom is 0.419 e. The van der Waals surface area contributed by atoms with Crippen molar-refractivity contribution in [2.75, 3.05) is 19.4 Å². The molecule has 0 atom stereocenters. The molecule has 1 heterocycles. The van der Waals surface area contributed by atoms with Gasteiger partial charge in [0.2, 0.25) is 5.91 Å². The Morgan fingerprint density at radius 1 is 1.18 bits per heavy atom. The molecule has 0 bridgehead atoms. The zero-order valence-corrected chi connectivity index (χ0v) is 16.3. The number of amides is 2. The van der Waals surface area contributed by atoms with Gasteiger partial charge >= 0.3 is 5.76 Å². The zero-order chi connectivity index (χ0) is 20.3. The second-order valence-corrected chi connectivity index (χ2v) is 6.94. The number of nitrogens with one attached hydrogen (secondary N) is 1. The van der Waals surface area contributed by atoms with Crippen LogP contribution in [0, 0.1) is 0 Å². The minimum atomic E-state index is -0.445. The Kier molecular flexibility index (Phi) is 5.84. The first kappa shape index (κ1) is 19.7. The number of oxazole rings is 1. The van der Waals surface area contributed by atoms with E-state index in [0.29, 0.717) is 40.3 Å². The van der Waals surface area contributed by atoms with Crippen LogP contribution in [0.5, 0.6) is 0 Å². The molecule has 0 saturated heterocycles. The third kappa shape index (κ3) is 4.26. The van der Waals surface area contributed by atoms with Gasteiger partial charge in [0.25, 0.3) is 5.91 Å². The average Bonchev–Trinajstić information content (AvgIpc) is 2.98. The lowest BCUT2D eigenvalue weighted by molar-refractivity contribution is -0.116. The van der Waals surface area contributed by atoms with E-state index >= 15 is 0 Å². The Bertz CT molecular complexity index is 1080. The number of halogens is 1. The van der Waals surface area contributed by atoms with Crippen LogP contribution in [0.1, 0.15) is 23.2 Å². The number of aryl methyl sites for hydroxylation is 1. The largest absolute Gasteiger partial charge is 0.419 e. The van der Waals surface area contributed by atoms with Gasteiger partial charge in [-0.05, 0) is 36.8 Å². The molecule has 0 aliphatic heterocycles. The highest BCUT2D eigenvalue weighted by atomic mass is 35.5. The van der Waals surface area contributed by atoms with Gasteiger partial charge in [-0.1, -0.05) is 23.7 Å². The summed E-state index contributed by atoms with van der Waals surface area (Å²) < 4.78 is 6.68. The number of rotatable bonds is 6. The summed E-state index contributed by atoms with van der Waals surface area (Å²) in [6, 6.07) is 11.9. The summed E-state index contributed by atoms with van der Waals surface area (Å²) >= 11 is 6.13. The second kappa shape index (κ2) is 8.31. The van der Waals surface area contributed by atoms with Crippen molar-refractivity contribution in [2.24, 2.45) is 0 Å². The van der Waals surface area contributed by atoms with E-state index in [2.05, 4.69) is 5.32 Å². The summed E-state index contributed by atoms with van der Waals surface area (Å²) in [5.74, 6) is -0.880. The monoisotopic (exact) mass is 401 g/mol. The highest BCUT2D eigenvalue weighted by molar-refractivity contribution is 6.33. The molecule has 0 spiro atoms. The zero-order valence-electron chi connectivity index (χ0n) is 15.6. The van der Waals surface area contributed by atoms with Crippen LogP contribution in [0.2, 0.25) is 5.02 Å². The van der Waals surface area contributed by atoms with Gasteiger partial charge in [-0.25, -0.2) is 4.79 Å². The lowest BCUT2D eigenvalue weighted by Crippen LogP contribution is -2.22. The van der Waals surface area contributed by atoms with Crippen molar-refractivity contribution < 1.29 is 14.0 Å². The third-order valence-corrected chi connectivity index (χ3v) is 4.58. The number of carbonyl (C=O) groups excluding carboxylic acids is 2. The predicted octanol–water partition coefficient (Wildman–Crippen LogP) is 3.37. The van der Waals surface area contributed by atoms with Crippen molar-refractivity contribution in [1.82, 2.24) is 9.47 Å². The number of fused-ring (bicyclic) bond motifs is 1. The fourth-order valence-corrected chi connectivity index (χ4v) is 3.01. The maximum atomic E-state index is 12.3. The number of para-hydroxylation sites is 2. The van der Waals surface area contributed by atoms with Crippen molar-refractivity contribution in [1.29, 1.82) is 0 Å². The highest BCUT2D eigenvalue weighted by Gasteiger charge is 2.13. The lowest BCUT2D eigenvalue weighted by atomic mass is 10.1. The first-order chi connectivity index (χ1) is 13.4. The van der Waals surface area contributed by atoms with Gasteiger partial charge in [-0.15, -0.1) is 0 Å². The molecule has 0 saturated carbocycles. The van der Waals surface area contributed by atoms with Crippen LogP contribution in [-0.2, 0) is 11.3 Å². The molecule has 1 N–H and O–H groups in total. The van der Waals surface area contributed by atoms with Gasteiger partial charge in [0.15, 0.2) is 5.58 Å². The number of anilines is 1. The van der Waals surface area contributed by atoms with Crippen molar-refractivity contribution in [2.45, 2.75) is 19.4 Å². The quantitative estimate of drug-likeness (QED) is 0.686. The van der Waals surface area contributed by atoms with Gasteiger partial charge < -0.3 is 14.6 Å². The molecule has 8 heteroatoms. The first-order valence-electron chi connectivity index (χ1n) is 8.76. The van der Waals surface area contributed by atoms with Crippen LogP contribution >= 0.6 is 11.6 Å². The number of hydrogen-bond acceptors (Lipinski definition) is 4. The van der Waals surface area contributed by atoms with E-state index in [1.165, 1.54) is 9.47 Å². The molecule has 0 unspecified atom stereocenters. The van der Waals surface area contributed by atoms with Crippen LogP contribution in [0.25, 0.3) is 11.1 Å². The molecule has 0 radical (unpaired) electrons. The summed E-state index contributed by atoms with van der Waals surface area (Å²) in [6.45, 7) is 0.357. The predicted molar refractivity (Wildman–Crippen MR) is 108 cm³/mol. The summed E-state index contributed by atoms with van der Waals surface area (Å²) in [5.41, 5.74) is 2.03. The molecule has 0 fully saturated rings.